The van der Waals surface area contributed by atoms with Crippen molar-refractivity contribution in [3.05, 3.63) is 89.5 Å². The van der Waals surface area contributed by atoms with Crippen molar-refractivity contribution in [1.29, 1.82) is 0 Å². The molecular formula is C35H39N3O6. The van der Waals surface area contributed by atoms with Crippen LogP contribution in [-0.4, -0.2) is 52.2 Å². The SMILES string of the molecule is CC(C)(C)OC(=O)N1CC=C(c2cc(Nc3ccc(Oc4ccccc4)cc3)c3c(c2)C(=O)N(C(=O)OC(C)(C)C)C3)CC1. The maximum absolute atomic E-state index is 13.5. The molecule has 0 spiro atoms. The molecule has 0 unspecified atom stereocenters. The standard InChI is InChI=1S/C35H39N3O6/c1-34(2,3)43-32(40)37-18-16-23(17-19-37)24-20-28-29(22-38(31(28)39)33(41)44-35(4,5)6)30(21-24)36-25-12-14-27(15-13-25)42-26-10-8-7-9-11-26/h7-16,20-21,36H,17-19,22H2,1-6H3. The number of anilines is 2. The van der Waals surface area contributed by atoms with Gasteiger partial charge in [-0.1, -0.05) is 24.3 Å². The summed E-state index contributed by atoms with van der Waals surface area (Å²) in [5.74, 6) is 1.02. The van der Waals surface area contributed by atoms with Crippen LogP contribution >= 0.6 is 0 Å². The van der Waals surface area contributed by atoms with Gasteiger partial charge in [-0.25, -0.2) is 14.5 Å². The number of hydrogen-bond donors (Lipinski definition) is 1. The third-order valence-electron chi connectivity index (χ3n) is 7.00. The van der Waals surface area contributed by atoms with Crippen LogP contribution in [-0.2, 0) is 16.0 Å². The first-order chi connectivity index (χ1) is 20.8. The van der Waals surface area contributed by atoms with Crippen LogP contribution in [0.1, 0.15) is 69.4 Å². The van der Waals surface area contributed by atoms with E-state index in [1.165, 1.54) is 0 Å². The number of benzene rings is 3. The molecule has 3 aromatic rings. The van der Waals surface area contributed by atoms with Crippen LogP contribution in [0.2, 0.25) is 0 Å². The monoisotopic (exact) mass is 597 g/mol. The molecule has 0 fully saturated rings. The van der Waals surface area contributed by atoms with E-state index in [0.29, 0.717) is 42.1 Å². The number of ether oxygens (including phenoxy) is 3. The number of carbonyl (C=O) groups excluding carboxylic acids is 3. The number of amides is 3. The van der Waals surface area contributed by atoms with Gasteiger partial charge in [0.1, 0.15) is 22.7 Å². The van der Waals surface area contributed by atoms with Crippen molar-refractivity contribution in [2.45, 2.75) is 65.7 Å². The lowest BCUT2D eigenvalue weighted by molar-refractivity contribution is 0.0242. The minimum absolute atomic E-state index is 0.0896. The van der Waals surface area contributed by atoms with Crippen molar-refractivity contribution in [2.24, 2.45) is 0 Å². The molecule has 230 valence electrons. The van der Waals surface area contributed by atoms with Crippen molar-refractivity contribution < 1.29 is 28.6 Å². The smallest absolute Gasteiger partial charge is 0.417 e. The van der Waals surface area contributed by atoms with E-state index < -0.39 is 23.2 Å². The van der Waals surface area contributed by atoms with Gasteiger partial charge >= 0.3 is 12.2 Å². The second-order valence-corrected chi connectivity index (χ2v) is 12.9. The van der Waals surface area contributed by atoms with Crippen LogP contribution < -0.4 is 10.1 Å². The molecule has 5 rings (SSSR count). The molecule has 1 N–H and O–H groups in total. The Balaban J connectivity index is 1.42. The third kappa shape index (κ3) is 7.40. The highest BCUT2D eigenvalue weighted by Crippen LogP contribution is 2.37. The van der Waals surface area contributed by atoms with Gasteiger partial charge in [-0.2, -0.15) is 0 Å². The van der Waals surface area contributed by atoms with E-state index in [1.807, 2.05) is 93.6 Å². The summed E-state index contributed by atoms with van der Waals surface area (Å²) in [7, 11) is 0. The molecule has 0 bridgehead atoms. The molecular weight excluding hydrogens is 558 g/mol. The fraction of sp³-hybridized carbons (Fsp3) is 0.343. The number of fused-ring (bicyclic) bond motifs is 1. The minimum atomic E-state index is -0.741. The van der Waals surface area contributed by atoms with Crippen LogP contribution in [0.15, 0.2) is 72.8 Å². The summed E-state index contributed by atoms with van der Waals surface area (Å²) in [6, 6.07) is 20.9. The Morgan fingerprint density at radius 2 is 1.45 bits per heavy atom. The zero-order chi connectivity index (χ0) is 31.6. The quantitative estimate of drug-likeness (QED) is 0.317. The van der Waals surface area contributed by atoms with Gasteiger partial charge in [-0.05, 0) is 108 Å². The van der Waals surface area contributed by atoms with Crippen LogP contribution in [0, 0.1) is 0 Å². The van der Waals surface area contributed by atoms with Crippen molar-refractivity contribution >= 4 is 35.0 Å². The highest BCUT2D eigenvalue weighted by atomic mass is 16.6. The van der Waals surface area contributed by atoms with E-state index in [-0.39, 0.29) is 12.6 Å². The van der Waals surface area contributed by atoms with Crippen molar-refractivity contribution in [3.8, 4) is 11.5 Å². The molecule has 2 aliphatic heterocycles. The normalized spacial score (nSPS) is 15.0. The average molecular weight is 598 g/mol. The number of para-hydroxylation sites is 1. The topological polar surface area (TPSA) is 97.4 Å². The van der Waals surface area contributed by atoms with Crippen molar-refractivity contribution in [1.82, 2.24) is 9.80 Å². The molecule has 0 saturated heterocycles. The van der Waals surface area contributed by atoms with E-state index in [0.717, 1.165) is 27.5 Å². The first-order valence-corrected chi connectivity index (χ1v) is 14.7. The van der Waals surface area contributed by atoms with Crippen molar-refractivity contribution in [3.63, 3.8) is 0 Å². The Hall–Kier alpha value is -4.79. The number of hydrogen-bond acceptors (Lipinski definition) is 7. The summed E-state index contributed by atoms with van der Waals surface area (Å²) in [5, 5.41) is 3.46. The summed E-state index contributed by atoms with van der Waals surface area (Å²) < 4.78 is 17.0. The summed E-state index contributed by atoms with van der Waals surface area (Å²) in [4.78, 5) is 41.9. The Bertz CT molecular complexity index is 1580. The number of imide groups is 1. The minimum Gasteiger partial charge on any atom is -0.457 e. The molecule has 2 aliphatic rings. The Labute approximate surface area is 258 Å². The van der Waals surface area contributed by atoms with Crippen LogP contribution in [0.4, 0.5) is 21.0 Å². The van der Waals surface area contributed by atoms with E-state index in [4.69, 9.17) is 14.2 Å². The maximum Gasteiger partial charge on any atom is 0.417 e. The summed E-state index contributed by atoms with van der Waals surface area (Å²) in [6.45, 7) is 11.8. The van der Waals surface area contributed by atoms with Gasteiger partial charge in [-0.15, -0.1) is 0 Å². The number of carbonyl (C=O) groups is 3. The van der Waals surface area contributed by atoms with Crippen LogP contribution in [0.25, 0.3) is 5.57 Å². The predicted molar refractivity (Wildman–Crippen MR) is 169 cm³/mol. The Morgan fingerprint density at radius 3 is 2.07 bits per heavy atom. The average Bonchev–Trinajstić information content (AvgIpc) is 3.29. The van der Waals surface area contributed by atoms with Gasteiger partial charge in [0.25, 0.3) is 5.91 Å². The fourth-order valence-electron chi connectivity index (χ4n) is 4.98. The molecule has 0 aliphatic carbocycles. The largest absolute Gasteiger partial charge is 0.457 e. The fourth-order valence-corrected chi connectivity index (χ4v) is 4.98. The number of nitrogens with zero attached hydrogens (tertiary/aromatic N) is 2. The van der Waals surface area contributed by atoms with E-state index in [1.54, 1.807) is 25.7 Å². The summed E-state index contributed by atoms with van der Waals surface area (Å²) >= 11 is 0. The highest BCUT2D eigenvalue weighted by Gasteiger charge is 2.37. The molecule has 3 aromatic carbocycles. The Morgan fingerprint density at radius 1 is 0.818 bits per heavy atom. The van der Waals surface area contributed by atoms with E-state index in [9.17, 15) is 14.4 Å². The zero-order valence-electron chi connectivity index (χ0n) is 26.1. The van der Waals surface area contributed by atoms with E-state index in [2.05, 4.69) is 5.32 Å². The molecule has 9 nitrogen and oxygen atoms in total. The first kappa shape index (κ1) is 30.7. The third-order valence-corrected chi connectivity index (χ3v) is 7.00. The van der Waals surface area contributed by atoms with Gasteiger partial charge in [0.05, 0.1) is 6.54 Å². The maximum atomic E-state index is 13.5. The van der Waals surface area contributed by atoms with Gasteiger partial charge < -0.3 is 24.4 Å². The summed E-state index contributed by atoms with van der Waals surface area (Å²) in [6.07, 6.45) is 1.54. The molecule has 0 radical (unpaired) electrons. The molecule has 44 heavy (non-hydrogen) atoms. The molecule has 0 aromatic heterocycles. The molecule has 0 saturated carbocycles. The van der Waals surface area contributed by atoms with Gasteiger partial charge in [0.2, 0.25) is 0 Å². The van der Waals surface area contributed by atoms with E-state index >= 15 is 0 Å². The van der Waals surface area contributed by atoms with Crippen LogP contribution in [0.5, 0.6) is 11.5 Å². The second kappa shape index (κ2) is 12.1. The number of rotatable bonds is 5. The lowest BCUT2D eigenvalue weighted by Gasteiger charge is -2.29. The van der Waals surface area contributed by atoms with Crippen molar-refractivity contribution in [2.75, 3.05) is 18.4 Å². The van der Waals surface area contributed by atoms with Crippen LogP contribution in [0.3, 0.4) is 0 Å². The predicted octanol–water partition coefficient (Wildman–Crippen LogP) is 8.14. The highest BCUT2D eigenvalue weighted by molar-refractivity contribution is 6.08. The van der Waals surface area contributed by atoms with Gasteiger partial charge in [-0.3, -0.25) is 4.79 Å². The van der Waals surface area contributed by atoms with Gasteiger partial charge in [0.15, 0.2) is 0 Å². The zero-order valence-corrected chi connectivity index (χ0v) is 26.1. The molecule has 9 heteroatoms. The molecule has 0 atom stereocenters. The molecule has 3 amide bonds. The second-order valence-electron chi connectivity index (χ2n) is 12.9. The lowest BCUT2D eigenvalue weighted by atomic mass is 9.94. The lowest BCUT2D eigenvalue weighted by Crippen LogP contribution is -2.39. The summed E-state index contributed by atoms with van der Waals surface area (Å²) in [5.41, 5.74) is 3.19. The Kier molecular flexibility index (Phi) is 8.41. The number of nitrogens with one attached hydrogen (secondary N) is 1. The van der Waals surface area contributed by atoms with Gasteiger partial charge in [0, 0.05) is 35.6 Å². The first-order valence-electron chi connectivity index (χ1n) is 14.7. The molecule has 2 heterocycles.